The highest BCUT2D eigenvalue weighted by Gasteiger charge is 2.35. The molecule has 6 nitrogen and oxygen atoms in total. The summed E-state index contributed by atoms with van der Waals surface area (Å²) < 4.78 is 10.5. The minimum Gasteiger partial charge on any atom is -0.493 e. The van der Waals surface area contributed by atoms with Crippen LogP contribution in [-0.2, 0) is 11.3 Å². The van der Waals surface area contributed by atoms with Crippen LogP contribution in [0.4, 0.5) is 0 Å². The van der Waals surface area contributed by atoms with Crippen molar-refractivity contribution in [1.82, 2.24) is 4.90 Å². The maximum absolute atomic E-state index is 12.6. The summed E-state index contributed by atoms with van der Waals surface area (Å²) in [5.41, 5.74) is 3.07. The predicted molar refractivity (Wildman–Crippen MR) is 113 cm³/mol. The molecular formula is C21H23N3O3S. The van der Waals surface area contributed by atoms with E-state index in [-0.39, 0.29) is 11.2 Å². The van der Waals surface area contributed by atoms with Crippen molar-refractivity contribution >= 4 is 29.1 Å². The van der Waals surface area contributed by atoms with Crippen LogP contribution in [0.5, 0.6) is 11.5 Å². The number of ether oxygens (including phenoxy) is 2. The molecule has 1 fully saturated rings. The molecule has 28 heavy (non-hydrogen) atoms. The van der Waals surface area contributed by atoms with E-state index in [0.717, 1.165) is 16.7 Å². The Kier molecular flexibility index (Phi) is 6.36. The van der Waals surface area contributed by atoms with Crippen molar-refractivity contribution in [2.45, 2.75) is 25.6 Å². The minimum absolute atomic E-state index is 0.0494. The third-order valence-corrected chi connectivity index (χ3v) is 5.54. The molecule has 2 aromatic carbocycles. The number of methoxy groups -OCH3 is 2. The molecule has 0 saturated carbocycles. The van der Waals surface area contributed by atoms with Crippen LogP contribution in [-0.4, -0.2) is 41.7 Å². The van der Waals surface area contributed by atoms with E-state index < -0.39 is 0 Å². The standard InChI is InChI=1S/C21H23N3O3S/c1-14-7-5-6-8-17(14)13-24-20(25)15(2)28-21(24)23-22-12-16-9-10-18(26-3)19(11-16)27-4/h5-12,15H,13H2,1-4H3/b22-12-,23-21+/t15-/m1/s1. The zero-order chi connectivity index (χ0) is 20.1. The van der Waals surface area contributed by atoms with Crippen LogP contribution in [0, 0.1) is 6.92 Å². The molecule has 0 spiro atoms. The molecule has 146 valence electrons. The number of amidine groups is 1. The van der Waals surface area contributed by atoms with Crippen molar-refractivity contribution in [3.05, 3.63) is 59.2 Å². The molecule has 1 atom stereocenters. The smallest absolute Gasteiger partial charge is 0.242 e. The summed E-state index contributed by atoms with van der Waals surface area (Å²) in [7, 11) is 3.18. The van der Waals surface area contributed by atoms with E-state index in [0.29, 0.717) is 23.2 Å². The lowest BCUT2D eigenvalue weighted by Crippen LogP contribution is -2.31. The van der Waals surface area contributed by atoms with Gasteiger partial charge in [-0.05, 0) is 48.7 Å². The first-order chi connectivity index (χ1) is 13.5. The molecule has 1 heterocycles. The third-order valence-electron chi connectivity index (χ3n) is 4.47. The molecule has 0 aliphatic carbocycles. The van der Waals surface area contributed by atoms with Crippen molar-refractivity contribution in [3.8, 4) is 11.5 Å². The van der Waals surface area contributed by atoms with Crippen molar-refractivity contribution in [2.75, 3.05) is 14.2 Å². The Morgan fingerprint density at radius 2 is 1.89 bits per heavy atom. The van der Waals surface area contributed by atoms with E-state index in [1.54, 1.807) is 25.3 Å². The van der Waals surface area contributed by atoms with Crippen molar-refractivity contribution in [3.63, 3.8) is 0 Å². The molecule has 0 unspecified atom stereocenters. The second-order valence-electron chi connectivity index (χ2n) is 6.35. The van der Waals surface area contributed by atoms with E-state index in [9.17, 15) is 4.79 Å². The molecule has 2 aromatic rings. The lowest BCUT2D eigenvalue weighted by molar-refractivity contribution is -0.126. The highest BCUT2D eigenvalue weighted by Crippen LogP contribution is 2.29. The number of aryl methyl sites for hydroxylation is 1. The van der Waals surface area contributed by atoms with Crippen LogP contribution in [0.3, 0.4) is 0 Å². The first-order valence-corrected chi connectivity index (χ1v) is 9.77. The molecule has 0 aromatic heterocycles. The van der Waals surface area contributed by atoms with Gasteiger partial charge in [0.25, 0.3) is 0 Å². The number of rotatable bonds is 6. The second-order valence-corrected chi connectivity index (χ2v) is 7.66. The Bertz CT molecular complexity index is 927. The Morgan fingerprint density at radius 3 is 2.61 bits per heavy atom. The summed E-state index contributed by atoms with van der Waals surface area (Å²) in [6.45, 7) is 4.42. The average molecular weight is 398 g/mol. The van der Waals surface area contributed by atoms with E-state index >= 15 is 0 Å². The van der Waals surface area contributed by atoms with E-state index in [1.165, 1.54) is 11.8 Å². The van der Waals surface area contributed by atoms with Gasteiger partial charge in [0, 0.05) is 0 Å². The zero-order valence-corrected chi connectivity index (χ0v) is 17.2. The Hall–Kier alpha value is -2.80. The van der Waals surface area contributed by atoms with Crippen LogP contribution in [0.2, 0.25) is 0 Å². The molecule has 1 aliphatic heterocycles. The number of hydrogen-bond acceptors (Lipinski definition) is 6. The first kappa shape index (κ1) is 19.9. The van der Waals surface area contributed by atoms with Gasteiger partial charge in [-0.3, -0.25) is 9.69 Å². The SMILES string of the molecule is COc1ccc(/C=N\N=C2\S[C@H](C)C(=O)N2Cc2ccccc2C)cc1OC. The number of nitrogens with zero attached hydrogens (tertiary/aromatic N) is 3. The highest BCUT2D eigenvalue weighted by molar-refractivity contribution is 8.15. The number of benzene rings is 2. The van der Waals surface area contributed by atoms with Crippen LogP contribution < -0.4 is 9.47 Å². The Morgan fingerprint density at radius 1 is 1.14 bits per heavy atom. The first-order valence-electron chi connectivity index (χ1n) is 8.89. The van der Waals surface area contributed by atoms with Gasteiger partial charge in [-0.1, -0.05) is 36.0 Å². The van der Waals surface area contributed by atoms with Gasteiger partial charge in [0.05, 0.1) is 32.2 Å². The Balaban J connectivity index is 1.80. The molecule has 0 radical (unpaired) electrons. The summed E-state index contributed by atoms with van der Waals surface area (Å²) in [6, 6.07) is 13.5. The van der Waals surface area contributed by atoms with Gasteiger partial charge < -0.3 is 9.47 Å². The maximum Gasteiger partial charge on any atom is 0.242 e. The van der Waals surface area contributed by atoms with Crippen LogP contribution in [0.15, 0.2) is 52.7 Å². The molecule has 1 aliphatic rings. The fraction of sp³-hybridized carbons (Fsp3) is 0.286. The number of carbonyl (C=O) groups excluding carboxylic acids is 1. The highest BCUT2D eigenvalue weighted by atomic mass is 32.2. The average Bonchev–Trinajstić information content (AvgIpc) is 2.97. The number of carbonyl (C=O) groups is 1. The summed E-state index contributed by atoms with van der Waals surface area (Å²) in [4.78, 5) is 14.3. The fourth-order valence-electron chi connectivity index (χ4n) is 2.84. The minimum atomic E-state index is -0.168. The lowest BCUT2D eigenvalue weighted by atomic mass is 10.1. The Labute approximate surface area is 169 Å². The lowest BCUT2D eigenvalue weighted by Gasteiger charge is -2.16. The number of thioether (sulfide) groups is 1. The molecule has 0 bridgehead atoms. The van der Waals surface area contributed by atoms with E-state index in [4.69, 9.17) is 9.47 Å². The maximum atomic E-state index is 12.6. The van der Waals surface area contributed by atoms with Crippen molar-refractivity contribution in [1.29, 1.82) is 0 Å². The summed E-state index contributed by atoms with van der Waals surface area (Å²) >= 11 is 1.42. The van der Waals surface area contributed by atoms with Gasteiger partial charge in [-0.15, -0.1) is 5.10 Å². The molecule has 3 rings (SSSR count). The molecule has 7 heteroatoms. The summed E-state index contributed by atoms with van der Waals surface area (Å²) in [5.74, 6) is 1.33. The van der Waals surface area contributed by atoms with E-state index in [1.807, 2.05) is 56.3 Å². The molecular weight excluding hydrogens is 374 g/mol. The second kappa shape index (κ2) is 8.93. The fourth-order valence-corrected chi connectivity index (χ4v) is 3.77. The normalized spacial score (nSPS) is 18.3. The van der Waals surface area contributed by atoms with Crippen LogP contribution >= 0.6 is 11.8 Å². The van der Waals surface area contributed by atoms with Crippen molar-refractivity contribution < 1.29 is 14.3 Å². The summed E-state index contributed by atoms with van der Waals surface area (Å²) in [6.07, 6.45) is 1.63. The van der Waals surface area contributed by atoms with Gasteiger partial charge in [-0.2, -0.15) is 5.10 Å². The van der Waals surface area contributed by atoms with Crippen LogP contribution in [0.25, 0.3) is 0 Å². The predicted octanol–water partition coefficient (Wildman–Crippen LogP) is 3.87. The quantitative estimate of drug-likeness (QED) is 0.548. The molecule has 0 N–H and O–H groups in total. The molecule has 1 saturated heterocycles. The van der Waals surface area contributed by atoms with Crippen molar-refractivity contribution in [2.24, 2.45) is 10.2 Å². The van der Waals surface area contributed by atoms with Gasteiger partial charge in [-0.25, -0.2) is 0 Å². The third kappa shape index (κ3) is 4.36. The summed E-state index contributed by atoms with van der Waals surface area (Å²) in [5, 5.41) is 8.94. The zero-order valence-electron chi connectivity index (χ0n) is 16.4. The van der Waals surface area contributed by atoms with Gasteiger partial charge >= 0.3 is 0 Å². The van der Waals surface area contributed by atoms with E-state index in [2.05, 4.69) is 10.2 Å². The monoisotopic (exact) mass is 397 g/mol. The topological polar surface area (TPSA) is 63.5 Å². The molecule has 1 amide bonds. The van der Waals surface area contributed by atoms with Crippen LogP contribution in [0.1, 0.15) is 23.6 Å². The number of hydrogen-bond donors (Lipinski definition) is 0. The largest absolute Gasteiger partial charge is 0.493 e. The van der Waals surface area contributed by atoms with Gasteiger partial charge in [0.2, 0.25) is 5.91 Å². The van der Waals surface area contributed by atoms with Gasteiger partial charge in [0.1, 0.15) is 0 Å². The van der Waals surface area contributed by atoms with Gasteiger partial charge in [0.15, 0.2) is 16.7 Å². The number of amides is 1.